The molecule has 1 heterocycles. The lowest BCUT2D eigenvalue weighted by molar-refractivity contribution is -0.161. The molecule has 0 radical (unpaired) electrons. The van der Waals surface area contributed by atoms with Crippen LogP contribution in [0, 0.1) is 11.8 Å². The van der Waals surface area contributed by atoms with Crippen molar-refractivity contribution in [3.63, 3.8) is 0 Å². The summed E-state index contributed by atoms with van der Waals surface area (Å²) in [4.78, 5) is 0. The van der Waals surface area contributed by atoms with Crippen molar-refractivity contribution in [2.24, 2.45) is 0 Å². The Bertz CT molecular complexity index is 890. The van der Waals surface area contributed by atoms with Gasteiger partial charge in [-0.15, -0.1) is 5.92 Å². The highest BCUT2D eigenvalue weighted by Gasteiger charge is 2.44. The summed E-state index contributed by atoms with van der Waals surface area (Å²) >= 11 is 0. The van der Waals surface area contributed by atoms with Crippen LogP contribution in [0.3, 0.4) is 0 Å². The Morgan fingerprint density at radius 1 is 0.719 bits per heavy atom. The van der Waals surface area contributed by atoms with Gasteiger partial charge in [-0.05, 0) is 55.7 Å². The first kappa shape index (κ1) is 22.8. The molecule has 0 bridgehead atoms. The second kappa shape index (κ2) is 12.0. The van der Waals surface area contributed by atoms with Crippen LogP contribution in [0.2, 0.25) is 0 Å². The molecule has 3 aromatic rings. The van der Waals surface area contributed by atoms with E-state index in [0.29, 0.717) is 6.61 Å². The molecule has 3 heteroatoms. The summed E-state index contributed by atoms with van der Waals surface area (Å²) in [6.45, 7) is 1.47. The maximum atomic E-state index is 5.82. The molecule has 3 aromatic carbocycles. The average Bonchev–Trinajstić information content (AvgIpc) is 2.88. The molecule has 32 heavy (non-hydrogen) atoms. The first-order valence-electron chi connectivity index (χ1n) is 11.6. The van der Waals surface area contributed by atoms with Crippen molar-refractivity contribution in [3.05, 3.63) is 91.0 Å². The van der Waals surface area contributed by atoms with E-state index in [1.54, 1.807) is 0 Å². The molecule has 4 rings (SSSR count). The van der Waals surface area contributed by atoms with Crippen molar-refractivity contribution in [2.75, 3.05) is 19.4 Å². The summed E-state index contributed by atoms with van der Waals surface area (Å²) in [5.74, 6) is 6.78. The minimum absolute atomic E-state index is 0.0293. The molecule has 1 unspecified atom stereocenters. The molecule has 1 fully saturated rings. The molecule has 0 N–H and O–H groups in total. The Morgan fingerprint density at radius 3 is 1.75 bits per heavy atom. The van der Waals surface area contributed by atoms with Crippen LogP contribution < -0.4 is 15.9 Å². The van der Waals surface area contributed by atoms with Crippen LogP contribution in [0.1, 0.15) is 32.1 Å². The summed E-state index contributed by atoms with van der Waals surface area (Å²) in [5, 5.41) is 4.24. The number of rotatable bonds is 8. The minimum Gasteiger partial charge on any atom is -0.353 e. The summed E-state index contributed by atoms with van der Waals surface area (Å²) in [7, 11) is -1.78. The molecule has 2 nitrogen and oxygen atoms in total. The highest BCUT2D eigenvalue weighted by atomic mass is 31.2. The Kier molecular flexibility index (Phi) is 8.52. The van der Waals surface area contributed by atoms with Gasteiger partial charge in [0.15, 0.2) is 6.29 Å². The molecule has 0 saturated carbocycles. The molecule has 0 aromatic heterocycles. The highest BCUT2D eigenvalue weighted by molar-refractivity contribution is 7.95. The third-order valence-corrected chi connectivity index (χ3v) is 10.4. The van der Waals surface area contributed by atoms with Gasteiger partial charge in [-0.1, -0.05) is 60.5 Å². The van der Waals surface area contributed by atoms with Gasteiger partial charge in [0, 0.05) is 19.4 Å². The van der Waals surface area contributed by atoms with Gasteiger partial charge in [-0.2, -0.15) is 0 Å². The zero-order chi connectivity index (χ0) is 21.9. The maximum absolute atomic E-state index is 5.82. The lowest BCUT2D eigenvalue weighted by atomic mass is 10.2. The Balaban J connectivity index is 1.51. The van der Waals surface area contributed by atoms with Crippen molar-refractivity contribution in [1.29, 1.82) is 0 Å². The normalized spacial score (nSPS) is 16.2. The van der Waals surface area contributed by atoms with Gasteiger partial charge in [-0.25, -0.2) is 0 Å². The zero-order valence-electron chi connectivity index (χ0n) is 18.7. The second-order valence-corrected chi connectivity index (χ2v) is 11.7. The molecule has 1 saturated heterocycles. The van der Waals surface area contributed by atoms with Crippen molar-refractivity contribution in [1.82, 2.24) is 0 Å². The second-order valence-electron chi connectivity index (χ2n) is 8.06. The first-order chi connectivity index (χ1) is 15.9. The molecule has 1 atom stereocenters. The van der Waals surface area contributed by atoms with E-state index in [0.717, 1.165) is 38.5 Å². The summed E-state index contributed by atoms with van der Waals surface area (Å²) in [6.07, 6.45) is 5.98. The van der Waals surface area contributed by atoms with Gasteiger partial charge in [0.05, 0.1) is 12.8 Å². The van der Waals surface area contributed by atoms with E-state index >= 15 is 0 Å². The number of hydrogen-bond acceptors (Lipinski definition) is 2. The predicted molar refractivity (Wildman–Crippen MR) is 137 cm³/mol. The molecule has 164 valence electrons. The van der Waals surface area contributed by atoms with E-state index < -0.39 is 7.26 Å². The zero-order valence-corrected chi connectivity index (χ0v) is 19.6. The molecular formula is C29H32O2P+. The van der Waals surface area contributed by atoms with E-state index in [9.17, 15) is 0 Å². The lowest BCUT2D eigenvalue weighted by Crippen LogP contribution is -2.33. The Morgan fingerprint density at radius 2 is 1.25 bits per heavy atom. The van der Waals surface area contributed by atoms with Gasteiger partial charge < -0.3 is 9.47 Å². The molecular weight excluding hydrogens is 411 g/mol. The van der Waals surface area contributed by atoms with Crippen molar-refractivity contribution in [3.8, 4) is 11.8 Å². The third-order valence-electron chi connectivity index (χ3n) is 5.96. The molecule has 1 aliphatic rings. The molecule has 1 aliphatic heterocycles. The molecule has 0 amide bonds. The van der Waals surface area contributed by atoms with Crippen LogP contribution in [0.5, 0.6) is 0 Å². The standard InChI is InChI=1S/C29H32O2P/c1(13-23-30-29-22-12-14-24-31-29)2-15-25-32(26-16-6-3-7-17-26,27-18-8-4-9-19-27)28-20-10-5-11-21-28/h3-11,16-21,29H,12-15,22-25H2/q+1. The number of benzene rings is 3. The number of ether oxygens (including phenoxy) is 2. The lowest BCUT2D eigenvalue weighted by Gasteiger charge is -2.27. The van der Waals surface area contributed by atoms with Crippen LogP contribution >= 0.6 is 7.26 Å². The fourth-order valence-corrected chi connectivity index (χ4v) is 8.53. The summed E-state index contributed by atoms with van der Waals surface area (Å²) < 4.78 is 11.5. The minimum atomic E-state index is -1.78. The van der Waals surface area contributed by atoms with Gasteiger partial charge in [0.1, 0.15) is 23.2 Å². The fourth-order valence-electron chi connectivity index (χ4n) is 4.37. The van der Waals surface area contributed by atoms with E-state index in [4.69, 9.17) is 9.47 Å². The first-order valence-corrected chi connectivity index (χ1v) is 13.6. The Hall–Kier alpha value is -2.43. The average molecular weight is 444 g/mol. The maximum Gasteiger partial charge on any atom is 0.157 e. The van der Waals surface area contributed by atoms with Gasteiger partial charge in [0.2, 0.25) is 0 Å². The van der Waals surface area contributed by atoms with Gasteiger partial charge in [0.25, 0.3) is 0 Å². The molecule has 0 spiro atoms. The van der Waals surface area contributed by atoms with Crippen LogP contribution in [0.25, 0.3) is 0 Å². The number of hydrogen-bond donors (Lipinski definition) is 0. The largest absolute Gasteiger partial charge is 0.353 e. The predicted octanol–water partition coefficient (Wildman–Crippen LogP) is 5.31. The van der Waals surface area contributed by atoms with Crippen molar-refractivity contribution in [2.45, 2.75) is 38.4 Å². The van der Waals surface area contributed by atoms with Crippen LogP contribution in [0.15, 0.2) is 91.0 Å². The SMILES string of the molecule is C(#CCC[P+](c1ccccc1)(c1ccccc1)c1ccccc1)CCOC1CCCCO1. The van der Waals surface area contributed by atoms with E-state index in [1.165, 1.54) is 22.3 Å². The topological polar surface area (TPSA) is 18.5 Å². The van der Waals surface area contributed by atoms with Crippen LogP contribution in [-0.2, 0) is 9.47 Å². The fraction of sp³-hybridized carbons (Fsp3) is 0.310. The monoisotopic (exact) mass is 443 g/mol. The highest BCUT2D eigenvalue weighted by Crippen LogP contribution is 2.55. The van der Waals surface area contributed by atoms with Gasteiger partial charge >= 0.3 is 0 Å². The van der Waals surface area contributed by atoms with Crippen LogP contribution in [-0.4, -0.2) is 25.7 Å². The third kappa shape index (κ3) is 5.67. The Labute approximate surface area is 193 Å². The van der Waals surface area contributed by atoms with Crippen LogP contribution in [0.4, 0.5) is 0 Å². The summed E-state index contributed by atoms with van der Waals surface area (Å²) in [6, 6.07) is 33.0. The van der Waals surface area contributed by atoms with E-state index in [2.05, 4.69) is 103 Å². The quantitative estimate of drug-likeness (QED) is 0.267. The van der Waals surface area contributed by atoms with E-state index in [1.807, 2.05) is 0 Å². The van der Waals surface area contributed by atoms with E-state index in [-0.39, 0.29) is 6.29 Å². The molecule has 0 aliphatic carbocycles. The smallest absolute Gasteiger partial charge is 0.157 e. The van der Waals surface area contributed by atoms with Crippen molar-refractivity contribution >= 4 is 23.2 Å². The van der Waals surface area contributed by atoms with Gasteiger partial charge in [-0.3, -0.25) is 0 Å². The summed E-state index contributed by atoms with van der Waals surface area (Å²) in [5.41, 5.74) is 0. The van der Waals surface area contributed by atoms with Crippen molar-refractivity contribution < 1.29 is 9.47 Å².